The van der Waals surface area contributed by atoms with Gasteiger partial charge in [0.15, 0.2) is 0 Å². The second-order valence-corrected chi connectivity index (χ2v) is 8.13. The Morgan fingerprint density at radius 2 is 2.04 bits per heavy atom. The third kappa shape index (κ3) is 3.03. The number of fused-ring (bicyclic) bond motifs is 3. The lowest BCUT2D eigenvalue weighted by Gasteiger charge is -2.34. The molecule has 0 amide bonds. The first-order valence-corrected chi connectivity index (χ1v) is 9.99. The van der Waals surface area contributed by atoms with Crippen LogP contribution in [0, 0.1) is 0 Å². The fourth-order valence-corrected chi connectivity index (χ4v) is 5.52. The number of hydrogen-bond acceptors (Lipinski definition) is 6. The van der Waals surface area contributed by atoms with E-state index in [0.29, 0.717) is 11.9 Å². The zero-order valence-corrected chi connectivity index (χ0v) is 14.9. The number of aryl methyl sites for hydroxylation is 2. The third-order valence-corrected chi connectivity index (χ3v) is 6.63. The number of rotatable bonds is 4. The van der Waals surface area contributed by atoms with E-state index in [4.69, 9.17) is 10.7 Å². The van der Waals surface area contributed by atoms with Crippen molar-refractivity contribution in [3.63, 3.8) is 0 Å². The molecule has 5 nitrogen and oxygen atoms in total. The summed E-state index contributed by atoms with van der Waals surface area (Å²) in [6.07, 6.45) is 9.26. The maximum Gasteiger partial charge on any atom is 0.146 e. The highest BCUT2D eigenvalue weighted by Gasteiger charge is 2.24. The van der Waals surface area contributed by atoms with E-state index in [1.807, 2.05) is 11.3 Å². The molecule has 4 rings (SSSR count). The van der Waals surface area contributed by atoms with Crippen molar-refractivity contribution in [2.45, 2.75) is 64.0 Å². The molecule has 0 aromatic carbocycles. The molecule has 0 spiro atoms. The lowest BCUT2D eigenvalue weighted by Crippen LogP contribution is -2.39. The number of nitrogens with zero attached hydrogens (tertiary/aromatic N) is 3. The molecule has 0 saturated carbocycles. The van der Waals surface area contributed by atoms with Crippen molar-refractivity contribution in [2.75, 3.05) is 18.9 Å². The Bertz CT molecular complexity index is 727. The van der Waals surface area contributed by atoms with Crippen molar-refractivity contribution in [1.29, 1.82) is 0 Å². The number of anilines is 1. The molecule has 1 unspecified atom stereocenters. The summed E-state index contributed by atoms with van der Waals surface area (Å²) in [5.74, 6) is 1.49. The van der Waals surface area contributed by atoms with Crippen molar-refractivity contribution in [3.05, 3.63) is 16.3 Å². The summed E-state index contributed by atoms with van der Waals surface area (Å²) < 4.78 is 0. The van der Waals surface area contributed by atoms with Crippen molar-refractivity contribution in [1.82, 2.24) is 14.9 Å². The second kappa shape index (κ2) is 6.94. The van der Waals surface area contributed by atoms with Gasteiger partial charge in [0, 0.05) is 17.5 Å². The maximum absolute atomic E-state index is 9.31. The average molecular weight is 347 g/mol. The van der Waals surface area contributed by atoms with E-state index in [1.54, 1.807) is 0 Å². The highest BCUT2D eigenvalue weighted by molar-refractivity contribution is 7.19. The van der Waals surface area contributed by atoms with Gasteiger partial charge in [-0.1, -0.05) is 6.42 Å². The number of hydrogen-bond donors (Lipinski definition) is 2. The van der Waals surface area contributed by atoms with Crippen LogP contribution in [-0.4, -0.2) is 39.2 Å². The number of likely N-dealkylation sites (tertiary alicyclic amines) is 1. The van der Waals surface area contributed by atoms with Crippen LogP contribution in [0.3, 0.4) is 0 Å². The fourth-order valence-electron chi connectivity index (χ4n) is 4.23. The monoisotopic (exact) mass is 346 g/mol. The molecule has 0 bridgehead atoms. The van der Waals surface area contributed by atoms with E-state index in [2.05, 4.69) is 9.88 Å². The highest BCUT2D eigenvalue weighted by Crippen LogP contribution is 2.37. The van der Waals surface area contributed by atoms with Crippen LogP contribution in [-0.2, 0) is 19.4 Å². The second-order valence-electron chi connectivity index (χ2n) is 7.05. The molecule has 0 radical (unpaired) electrons. The summed E-state index contributed by atoms with van der Waals surface area (Å²) >= 11 is 1.81. The molecule has 1 aliphatic heterocycles. The van der Waals surface area contributed by atoms with Crippen LogP contribution in [0.15, 0.2) is 0 Å². The molecule has 1 aliphatic carbocycles. The van der Waals surface area contributed by atoms with E-state index in [1.165, 1.54) is 36.1 Å². The number of nitrogen functional groups attached to an aromatic ring is 1. The minimum atomic E-state index is 0.251. The quantitative estimate of drug-likeness (QED) is 0.890. The van der Waals surface area contributed by atoms with E-state index in [0.717, 1.165) is 54.8 Å². The summed E-state index contributed by atoms with van der Waals surface area (Å²) in [6.45, 7) is 2.06. The van der Waals surface area contributed by atoms with Crippen LogP contribution >= 0.6 is 11.3 Å². The standard InChI is InChI=1S/C18H26N4OS/c19-17-16-13-6-1-2-7-14(13)24-18(16)21-15(20-17)11-22-9-4-3-5-12(22)8-10-23/h12,23H,1-11H2,(H2,19,20,21). The third-order valence-electron chi connectivity index (χ3n) is 5.44. The predicted octanol–water partition coefficient (Wildman–Crippen LogP) is 2.89. The van der Waals surface area contributed by atoms with Crippen LogP contribution in [0.1, 0.15) is 54.8 Å². The molecule has 1 saturated heterocycles. The predicted molar refractivity (Wildman–Crippen MR) is 98.2 cm³/mol. The van der Waals surface area contributed by atoms with Gasteiger partial charge < -0.3 is 10.8 Å². The van der Waals surface area contributed by atoms with Crippen LogP contribution < -0.4 is 5.73 Å². The molecule has 2 aliphatic rings. The smallest absolute Gasteiger partial charge is 0.146 e. The molecule has 1 fully saturated rings. The van der Waals surface area contributed by atoms with Crippen LogP contribution in [0.4, 0.5) is 5.82 Å². The van der Waals surface area contributed by atoms with Gasteiger partial charge in [-0.05, 0) is 57.1 Å². The molecule has 130 valence electrons. The topological polar surface area (TPSA) is 75.3 Å². The first-order valence-electron chi connectivity index (χ1n) is 9.18. The van der Waals surface area contributed by atoms with Gasteiger partial charge >= 0.3 is 0 Å². The number of aliphatic hydroxyl groups is 1. The Balaban J connectivity index is 1.62. The first-order chi connectivity index (χ1) is 11.8. The van der Waals surface area contributed by atoms with Gasteiger partial charge in [-0.2, -0.15) is 0 Å². The molecule has 24 heavy (non-hydrogen) atoms. The Morgan fingerprint density at radius 3 is 2.92 bits per heavy atom. The lowest BCUT2D eigenvalue weighted by atomic mass is 9.97. The summed E-state index contributed by atoms with van der Waals surface area (Å²) in [5.41, 5.74) is 7.73. The number of thiophene rings is 1. The Hall–Kier alpha value is -1.24. The molecule has 3 N–H and O–H groups in total. The highest BCUT2D eigenvalue weighted by atomic mass is 32.1. The number of nitrogens with two attached hydrogens (primary N) is 1. The normalized spacial score (nSPS) is 22.0. The van der Waals surface area contributed by atoms with Gasteiger partial charge in [0.2, 0.25) is 0 Å². The molecule has 6 heteroatoms. The number of aliphatic hydroxyl groups excluding tert-OH is 1. The molecular weight excluding hydrogens is 320 g/mol. The van der Waals surface area contributed by atoms with E-state index < -0.39 is 0 Å². The minimum Gasteiger partial charge on any atom is -0.396 e. The number of piperidine rings is 1. The molecule has 3 heterocycles. The first kappa shape index (κ1) is 16.2. The van der Waals surface area contributed by atoms with Crippen LogP contribution in [0.2, 0.25) is 0 Å². The maximum atomic E-state index is 9.31. The van der Waals surface area contributed by atoms with Crippen molar-refractivity contribution in [2.24, 2.45) is 0 Å². The fraction of sp³-hybridized carbons (Fsp3) is 0.667. The van der Waals surface area contributed by atoms with E-state index in [-0.39, 0.29) is 6.61 Å². The van der Waals surface area contributed by atoms with Crippen molar-refractivity contribution >= 4 is 27.4 Å². The van der Waals surface area contributed by atoms with Gasteiger partial charge in [-0.3, -0.25) is 4.90 Å². The zero-order chi connectivity index (χ0) is 16.5. The van der Waals surface area contributed by atoms with Gasteiger partial charge in [-0.15, -0.1) is 11.3 Å². The Kier molecular flexibility index (Phi) is 4.70. The number of aromatic nitrogens is 2. The molecule has 2 aromatic heterocycles. The van der Waals surface area contributed by atoms with Crippen molar-refractivity contribution in [3.8, 4) is 0 Å². The van der Waals surface area contributed by atoms with Crippen LogP contribution in [0.5, 0.6) is 0 Å². The molecular formula is C18H26N4OS. The van der Waals surface area contributed by atoms with Gasteiger partial charge in [0.25, 0.3) is 0 Å². The largest absolute Gasteiger partial charge is 0.396 e. The van der Waals surface area contributed by atoms with Gasteiger partial charge in [0.05, 0.1) is 11.9 Å². The van der Waals surface area contributed by atoms with Crippen LogP contribution in [0.25, 0.3) is 10.2 Å². The summed E-state index contributed by atoms with van der Waals surface area (Å²) in [7, 11) is 0. The summed E-state index contributed by atoms with van der Waals surface area (Å²) in [5, 5.41) is 10.4. The van der Waals surface area contributed by atoms with E-state index >= 15 is 0 Å². The summed E-state index contributed by atoms with van der Waals surface area (Å²) in [6, 6.07) is 0.445. The van der Waals surface area contributed by atoms with E-state index in [9.17, 15) is 5.11 Å². The Labute approximate surface area is 146 Å². The SMILES string of the molecule is Nc1nc(CN2CCCCC2CCO)nc2sc3c(c12)CCCC3. The molecule has 1 atom stereocenters. The zero-order valence-electron chi connectivity index (χ0n) is 14.1. The van der Waals surface area contributed by atoms with Gasteiger partial charge in [-0.25, -0.2) is 9.97 Å². The Morgan fingerprint density at radius 1 is 1.17 bits per heavy atom. The van der Waals surface area contributed by atoms with Crippen molar-refractivity contribution < 1.29 is 5.11 Å². The van der Waals surface area contributed by atoms with Gasteiger partial charge in [0.1, 0.15) is 16.5 Å². The lowest BCUT2D eigenvalue weighted by molar-refractivity contribution is 0.110. The molecule has 2 aromatic rings. The minimum absolute atomic E-state index is 0.251. The average Bonchev–Trinajstić information content (AvgIpc) is 2.95. The summed E-state index contributed by atoms with van der Waals surface area (Å²) in [4.78, 5) is 14.4.